The van der Waals surface area contributed by atoms with Gasteiger partial charge in [-0.3, -0.25) is 0 Å². The smallest absolute Gasteiger partial charge is 0.376 e. The average Bonchev–Trinajstić information content (AvgIpc) is 2.84. The van der Waals surface area contributed by atoms with Crippen LogP contribution < -0.4 is 14.8 Å². The van der Waals surface area contributed by atoms with E-state index in [1.165, 1.54) is 12.7 Å². The van der Waals surface area contributed by atoms with Crippen LogP contribution in [-0.2, 0) is 14.9 Å². The van der Waals surface area contributed by atoms with Crippen LogP contribution in [0.2, 0.25) is 0 Å². The zero-order valence-corrected chi connectivity index (χ0v) is 20.3. The van der Waals surface area contributed by atoms with E-state index in [1.807, 2.05) is 79.7 Å². The van der Waals surface area contributed by atoms with Crippen LogP contribution in [0.5, 0.6) is 11.5 Å². The molecule has 3 aromatic carbocycles. The number of carbonyl (C=O) groups excluding carboxylic acids is 1. The molecule has 176 valence electrons. The fourth-order valence-electron chi connectivity index (χ4n) is 4.05. The van der Waals surface area contributed by atoms with Crippen LogP contribution in [0, 0.1) is 0 Å². The molecule has 1 N–H and O–H groups in total. The lowest BCUT2D eigenvalue weighted by molar-refractivity contribution is -0.152. The van der Waals surface area contributed by atoms with Gasteiger partial charge in [-0.25, -0.2) is 4.79 Å². The number of fused-ring (bicyclic) bond motifs is 1. The third-order valence-electron chi connectivity index (χ3n) is 5.84. The summed E-state index contributed by atoms with van der Waals surface area (Å²) in [6, 6.07) is 23.6. The van der Waals surface area contributed by atoms with Crippen molar-refractivity contribution in [2.24, 2.45) is 0 Å². The highest BCUT2D eigenvalue weighted by Gasteiger charge is 2.45. The average molecular weight is 458 g/mol. The molecule has 0 radical (unpaired) electrons. The number of para-hydroxylation sites is 2. The number of methoxy groups -OCH3 is 1. The summed E-state index contributed by atoms with van der Waals surface area (Å²) in [6.07, 6.45) is 1.81. The van der Waals surface area contributed by atoms with E-state index in [1.54, 1.807) is 0 Å². The van der Waals surface area contributed by atoms with E-state index in [2.05, 4.69) is 32.2 Å². The maximum Gasteiger partial charge on any atom is 0.376 e. The van der Waals surface area contributed by atoms with Crippen molar-refractivity contribution in [1.29, 1.82) is 0 Å². The van der Waals surface area contributed by atoms with Crippen LogP contribution in [0.25, 0.3) is 5.57 Å². The molecule has 0 bridgehead atoms. The molecule has 34 heavy (non-hydrogen) atoms. The minimum atomic E-state index is -1.58. The predicted octanol–water partition coefficient (Wildman–Crippen LogP) is 6.19. The Kier molecular flexibility index (Phi) is 6.38. The van der Waals surface area contributed by atoms with Gasteiger partial charge in [0.1, 0.15) is 11.5 Å². The second-order valence-electron chi connectivity index (χ2n) is 9.27. The van der Waals surface area contributed by atoms with E-state index in [9.17, 15) is 4.79 Å². The number of esters is 1. The molecular weight excluding hydrogens is 426 g/mol. The van der Waals surface area contributed by atoms with Crippen molar-refractivity contribution in [1.82, 2.24) is 0 Å². The molecule has 5 heteroatoms. The van der Waals surface area contributed by atoms with E-state index in [-0.39, 0.29) is 5.41 Å². The van der Waals surface area contributed by atoms with Crippen molar-refractivity contribution in [3.63, 3.8) is 0 Å². The zero-order valence-electron chi connectivity index (χ0n) is 20.3. The molecule has 0 saturated heterocycles. The number of benzene rings is 3. The number of hydrogen-bond acceptors (Lipinski definition) is 5. The van der Waals surface area contributed by atoms with Crippen LogP contribution in [-0.4, -0.2) is 25.4 Å². The quantitative estimate of drug-likeness (QED) is 0.448. The summed E-state index contributed by atoms with van der Waals surface area (Å²) < 4.78 is 17.4. The number of anilines is 1. The predicted molar refractivity (Wildman–Crippen MR) is 135 cm³/mol. The Morgan fingerprint density at radius 3 is 2.38 bits per heavy atom. The van der Waals surface area contributed by atoms with Gasteiger partial charge in [0.2, 0.25) is 0 Å². The van der Waals surface area contributed by atoms with Crippen LogP contribution in [0.15, 0.2) is 78.9 Å². The van der Waals surface area contributed by atoms with Crippen LogP contribution in [0.1, 0.15) is 44.4 Å². The molecule has 0 aromatic heterocycles. The molecule has 4 rings (SSSR count). The van der Waals surface area contributed by atoms with Gasteiger partial charge in [0, 0.05) is 11.6 Å². The number of ether oxygens (including phenoxy) is 3. The lowest BCUT2D eigenvalue weighted by atomic mass is 9.83. The van der Waals surface area contributed by atoms with Gasteiger partial charge < -0.3 is 19.5 Å². The summed E-state index contributed by atoms with van der Waals surface area (Å²) in [4.78, 5) is 13.3. The topological polar surface area (TPSA) is 56.8 Å². The summed E-state index contributed by atoms with van der Waals surface area (Å²) in [5.41, 5.74) is 2.99. The Hall–Kier alpha value is -3.73. The number of rotatable bonds is 6. The molecule has 1 aliphatic rings. The first-order valence-electron chi connectivity index (χ1n) is 11.5. The first-order chi connectivity index (χ1) is 16.3. The third kappa shape index (κ3) is 4.51. The lowest BCUT2D eigenvalue weighted by Gasteiger charge is -2.36. The van der Waals surface area contributed by atoms with Gasteiger partial charge >= 0.3 is 5.97 Å². The fourth-order valence-corrected chi connectivity index (χ4v) is 4.05. The van der Waals surface area contributed by atoms with E-state index < -0.39 is 11.7 Å². The first kappa shape index (κ1) is 23.4. The Labute approximate surface area is 201 Å². The number of nitrogens with one attached hydrogen (secondary N) is 1. The van der Waals surface area contributed by atoms with Gasteiger partial charge in [0.05, 0.1) is 19.4 Å². The number of hydrogen-bond donors (Lipinski definition) is 1. The molecule has 1 unspecified atom stereocenters. The van der Waals surface area contributed by atoms with Gasteiger partial charge in [-0.15, -0.1) is 0 Å². The molecule has 0 spiro atoms. The standard InChI is InChI=1S/C29H31NO4/c1-6-33-26-15-11-10-14-24(26)30-29(27(31)32-5)19-23(20-12-8-7-9-13-20)22-18-21(28(2,3)4)16-17-25(22)34-29/h7-19,30H,6H2,1-5H3. The molecule has 1 atom stereocenters. The van der Waals surface area contributed by atoms with Gasteiger partial charge in [0.25, 0.3) is 5.72 Å². The van der Waals surface area contributed by atoms with E-state index in [0.717, 1.165) is 16.7 Å². The Balaban J connectivity index is 1.92. The van der Waals surface area contributed by atoms with Gasteiger partial charge in [-0.1, -0.05) is 69.3 Å². The Bertz CT molecular complexity index is 1210. The summed E-state index contributed by atoms with van der Waals surface area (Å²) in [5.74, 6) is 0.666. The highest BCUT2D eigenvalue weighted by molar-refractivity contribution is 5.95. The largest absolute Gasteiger partial charge is 0.492 e. The van der Waals surface area contributed by atoms with Gasteiger partial charge in [0.15, 0.2) is 0 Å². The number of carbonyl (C=O) groups is 1. The Morgan fingerprint density at radius 1 is 1.00 bits per heavy atom. The molecule has 0 fully saturated rings. The van der Waals surface area contributed by atoms with Crippen LogP contribution in [0.3, 0.4) is 0 Å². The summed E-state index contributed by atoms with van der Waals surface area (Å²) in [7, 11) is 1.36. The molecule has 1 heterocycles. The monoisotopic (exact) mass is 457 g/mol. The van der Waals surface area contributed by atoms with Crippen molar-refractivity contribution >= 4 is 17.2 Å². The second-order valence-corrected chi connectivity index (χ2v) is 9.27. The molecule has 3 aromatic rings. The summed E-state index contributed by atoms with van der Waals surface area (Å²) >= 11 is 0. The maximum absolute atomic E-state index is 13.3. The Morgan fingerprint density at radius 2 is 1.71 bits per heavy atom. The SMILES string of the molecule is CCOc1ccccc1NC1(C(=O)OC)C=C(c2ccccc2)c2cc(C(C)(C)C)ccc2O1. The van der Waals surface area contributed by atoms with E-state index >= 15 is 0 Å². The molecule has 0 aliphatic carbocycles. The highest BCUT2D eigenvalue weighted by atomic mass is 16.6. The van der Waals surface area contributed by atoms with Gasteiger partial charge in [-0.2, -0.15) is 0 Å². The van der Waals surface area contributed by atoms with Crippen molar-refractivity contribution < 1.29 is 19.0 Å². The first-order valence-corrected chi connectivity index (χ1v) is 11.5. The summed E-state index contributed by atoms with van der Waals surface area (Å²) in [5, 5.41) is 3.29. The molecule has 0 saturated carbocycles. The molecule has 0 amide bonds. The van der Waals surface area contributed by atoms with Crippen molar-refractivity contribution in [2.45, 2.75) is 38.8 Å². The highest BCUT2D eigenvalue weighted by Crippen LogP contribution is 2.43. The van der Waals surface area contributed by atoms with Crippen molar-refractivity contribution in [3.05, 3.63) is 95.6 Å². The van der Waals surface area contributed by atoms with Gasteiger partial charge in [-0.05, 0) is 53.3 Å². The zero-order chi connectivity index (χ0) is 24.3. The van der Waals surface area contributed by atoms with E-state index in [0.29, 0.717) is 23.8 Å². The lowest BCUT2D eigenvalue weighted by Crippen LogP contribution is -2.52. The molecular formula is C29H31NO4. The normalized spacial score (nSPS) is 17.1. The van der Waals surface area contributed by atoms with Crippen LogP contribution in [0.4, 0.5) is 5.69 Å². The van der Waals surface area contributed by atoms with Crippen molar-refractivity contribution in [2.75, 3.05) is 19.0 Å². The maximum atomic E-state index is 13.3. The molecule has 1 aliphatic heterocycles. The van der Waals surface area contributed by atoms with Crippen LogP contribution >= 0.6 is 0 Å². The molecule has 5 nitrogen and oxygen atoms in total. The minimum absolute atomic E-state index is 0.0393. The van der Waals surface area contributed by atoms with E-state index in [4.69, 9.17) is 14.2 Å². The fraction of sp³-hybridized carbons (Fsp3) is 0.276. The third-order valence-corrected chi connectivity index (χ3v) is 5.84. The summed E-state index contributed by atoms with van der Waals surface area (Å²) in [6.45, 7) is 8.94. The second kappa shape index (κ2) is 9.26. The minimum Gasteiger partial charge on any atom is -0.492 e. The van der Waals surface area contributed by atoms with Crippen molar-refractivity contribution in [3.8, 4) is 11.5 Å².